The predicted octanol–water partition coefficient (Wildman–Crippen LogP) is 7.84. The van der Waals surface area contributed by atoms with Crippen LogP contribution in [0.5, 0.6) is 0 Å². The van der Waals surface area contributed by atoms with Gasteiger partial charge in [-0.3, -0.25) is 4.98 Å². The van der Waals surface area contributed by atoms with Crippen LogP contribution < -0.4 is 0 Å². The molecule has 0 saturated heterocycles. The first kappa shape index (κ1) is 16.6. The van der Waals surface area contributed by atoms with E-state index in [-0.39, 0.29) is 0 Å². The van der Waals surface area contributed by atoms with Gasteiger partial charge in [-0.2, -0.15) is 0 Å². The summed E-state index contributed by atoms with van der Waals surface area (Å²) in [7, 11) is 0. The summed E-state index contributed by atoms with van der Waals surface area (Å²) in [4.78, 5) is 8.07. The van der Waals surface area contributed by atoms with Crippen molar-refractivity contribution in [3.63, 3.8) is 0 Å². The van der Waals surface area contributed by atoms with Crippen LogP contribution in [0.1, 0.15) is 0 Å². The summed E-state index contributed by atoms with van der Waals surface area (Å²) in [5.41, 5.74) is 5.65. The molecule has 5 aromatic carbocycles. The summed E-state index contributed by atoms with van der Waals surface area (Å²) in [6.07, 6.45) is 1.86. The molecule has 7 aromatic rings. The van der Waals surface area contributed by atoms with E-state index in [9.17, 15) is 0 Å². The van der Waals surface area contributed by atoms with E-state index in [1.165, 1.54) is 43.4 Å². The fourth-order valence-electron chi connectivity index (χ4n) is 4.98. The highest BCUT2D eigenvalue weighted by molar-refractivity contribution is 6.25. The minimum absolute atomic E-state index is 1.02. The third-order valence-electron chi connectivity index (χ3n) is 6.43. The third-order valence-corrected chi connectivity index (χ3v) is 6.43. The lowest BCUT2D eigenvalue weighted by atomic mass is 9.92. The van der Waals surface area contributed by atoms with E-state index in [1.54, 1.807) is 0 Å². The Balaban J connectivity index is 1.54. The highest BCUT2D eigenvalue weighted by Gasteiger charge is 2.11. The highest BCUT2D eigenvalue weighted by Crippen LogP contribution is 2.37. The molecule has 0 bridgehead atoms. The maximum Gasteiger partial charge on any atom is 0.0957 e. The van der Waals surface area contributed by atoms with E-state index < -0.39 is 0 Å². The van der Waals surface area contributed by atoms with Crippen LogP contribution in [0.4, 0.5) is 0 Å². The molecule has 0 spiro atoms. The lowest BCUT2D eigenvalue weighted by Gasteiger charge is -2.12. The van der Waals surface area contributed by atoms with Crippen LogP contribution in [0.15, 0.2) is 103 Å². The maximum absolute atomic E-state index is 4.60. The lowest BCUT2D eigenvalue weighted by molar-refractivity contribution is 1.42. The van der Waals surface area contributed by atoms with Crippen LogP contribution in [0.2, 0.25) is 0 Å². The van der Waals surface area contributed by atoms with Gasteiger partial charge in [-0.05, 0) is 73.8 Å². The average molecular weight is 394 g/mol. The molecule has 0 radical (unpaired) electrons. The summed E-state index contributed by atoms with van der Waals surface area (Å²) in [6.45, 7) is 0. The second-order valence-electron chi connectivity index (χ2n) is 8.14. The van der Waals surface area contributed by atoms with E-state index in [0.717, 1.165) is 21.9 Å². The fraction of sp³-hybridized carbons (Fsp3) is 0. The largest absolute Gasteiger partial charge is 0.353 e. The van der Waals surface area contributed by atoms with Gasteiger partial charge < -0.3 is 4.98 Å². The number of rotatable bonds is 1. The molecule has 0 aliphatic carbocycles. The molecule has 0 atom stereocenters. The molecular formula is C29H18N2. The fourth-order valence-corrected chi connectivity index (χ4v) is 4.98. The Morgan fingerprint density at radius 2 is 1.03 bits per heavy atom. The molecule has 0 unspecified atom stereocenters. The summed E-state index contributed by atoms with van der Waals surface area (Å²) < 4.78 is 0. The van der Waals surface area contributed by atoms with Crippen molar-refractivity contribution in [3.05, 3.63) is 103 Å². The van der Waals surface area contributed by atoms with Crippen molar-refractivity contribution in [3.8, 4) is 11.1 Å². The van der Waals surface area contributed by atoms with Crippen molar-refractivity contribution in [2.75, 3.05) is 0 Å². The van der Waals surface area contributed by atoms with E-state index in [4.69, 9.17) is 0 Å². The van der Waals surface area contributed by atoms with Gasteiger partial charge in [0, 0.05) is 17.1 Å². The summed E-state index contributed by atoms with van der Waals surface area (Å²) >= 11 is 0. The zero-order valence-electron chi connectivity index (χ0n) is 16.8. The molecule has 1 N–H and O–H groups in total. The molecule has 144 valence electrons. The second-order valence-corrected chi connectivity index (χ2v) is 8.14. The van der Waals surface area contributed by atoms with Gasteiger partial charge in [-0.1, -0.05) is 66.7 Å². The van der Waals surface area contributed by atoms with Gasteiger partial charge in [0.05, 0.1) is 11.0 Å². The number of aromatic amines is 1. The first-order valence-corrected chi connectivity index (χ1v) is 10.6. The summed E-state index contributed by atoms with van der Waals surface area (Å²) in [6, 6.07) is 35.0. The molecule has 0 aliphatic rings. The zero-order valence-corrected chi connectivity index (χ0v) is 16.8. The molecule has 2 heterocycles. The molecule has 0 aliphatic heterocycles. The molecule has 0 fully saturated rings. The summed E-state index contributed by atoms with van der Waals surface area (Å²) in [5, 5.41) is 8.98. The van der Waals surface area contributed by atoms with Gasteiger partial charge >= 0.3 is 0 Å². The topological polar surface area (TPSA) is 28.7 Å². The first-order valence-electron chi connectivity index (χ1n) is 10.6. The molecule has 0 amide bonds. The number of pyridine rings is 1. The van der Waals surface area contributed by atoms with E-state index in [1.807, 2.05) is 12.3 Å². The van der Waals surface area contributed by atoms with Gasteiger partial charge in [0.15, 0.2) is 0 Å². The van der Waals surface area contributed by atoms with Crippen molar-refractivity contribution in [1.82, 2.24) is 9.97 Å². The van der Waals surface area contributed by atoms with Crippen LogP contribution in [-0.2, 0) is 0 Å². The van der Waals surface area contributed by atoms with Crippen molar-refractivity contribution in [1.29, 1.82) is 0 Å². The predicted molar refractivity (Wildman–Crippen MR) is 132 cm³/mol. The maximum atomic E-state index is 4.60. The first-order chi connectivity index (χ1) is 15.4. The number of benzene rings is 5. The van der Waals surface area contributed by atoms with E-state index >= 15 is 0 Å². The lowest BCUT2D eigenvalue weighted by Crippen LogP contribution is -1.85. The molecule has 2 heteroatoms. The minimum Gasteiger partial charge on any atom is -0.353 e. The van der Waals surface area contributed by atoms with Gasteiger partial charge in [0.2, 0.25) is 0 Å². The van der Waals surface area contributed by atoms with Crippen molar-refractivity contribution < 1.29 is 0 Å². The van der Waals surface area contributed by atoms with Gasteiger partial charge in [-0.25, -0.2) is 0 Å². The molecule has 7 rings (SSSR count). The number of aromatic nitrogens is 2. The van der Waals surface area contributed by atoms with Crippen molar-refractivity contribution in [2.45, 2.75) is 0 Å². The molecule has 2 aromatic heterocycles. The highest BCUT2D eigenvalue weighted by atomic mass is 14.8. The number of nitrogens with zero attached hydrogens (tertiary/aromatic N) is 1. The Bertz CT molecular complexity index is 1750. The summed E-state index contributed by atoms with van der Waals surface area (Å²) in [5.74, 6) is 0. The van der Waals surface area contributed by atoms with E-state index in [0.29, 0.717) is 0 Å². The van der Waals surface area contributed by atoms with Gasteiger partial charge in [-0.15, -0.1) is 0 Å². The number of hydrogen-bond donors (Lipinski definition) is 1. The quantitative estimate of drug-likeness (QED) is 0.282. The smallest absolute Gasteiger partial charge is 0.0957 e. The van der Waals surface area contributed by atoms with Crippen LogP contribution in [-0.4, -0.2) is 9.97 Å². The van der Waals surface area contributed by atoms with Crippen LogP contribution in [0.3, 0.4) is 0 Å². The Kier molecular flexibility index (Phi) is 3.30. The number of fused-ring (bicyclic) bond motifs is 9. The minimum atomic E-state index is 1.02. The van der Waals surface area contributed by atoms with Gasteiger partial charge in [0.1, 0.15) is 0 Å². The van der Waals surface area contributed by atoms with Crippen molar-refractivity contribution in [2.24, 2.45) is 0 Å². The standard InChI is InChI=1S/C29H18N2/c1-2-8-22-20(6-1)21-7-3-4-9-23(21)25-16-18(11-13-24(22)25)19-12-14-27-26(17-19)29-28(31-27)10-5-15-30-29/h1-17,31H. The average Bonchev–Trinajstić information content (AvgIpc) is 3.22. The normalized spacial score (nSPS) is 11.9. The van der Waals surface area contributed by atoms with E-state index in [2.05, 4.69) is 101 Å². The van der Waals surface area contributed by atoms with Crippen LogP contribution in [0, 0.1) is 0 Å². The SMILES string of the molecule is c1cnc2c(c1)[nH]c1ccc(-c3ccc4c5ccccc5c5ccccc5c4c3)cc12. The van der Waals surface area contributed by atoms with Crippen LogP contribution in [0.25, 0.3) is 65.4 Å². The number of nitrogens with one attached hydrogen (secondary N) is 1. The number of H-pyrrole nitrogens is 1. The molecule has 0 saturated carbocycles. The van der Waals surface area contributed by atoms with Crippen LogP contribution >= 0.6 is 0 Å². The molecule has 31 heavy (non-hydrogen) atoms. The molecule has 2 nitrogen and oxygen atoms in total. The van der Waals surface area contributed by atoms with Gasteiger partial charge in [0.25, 0.3) is 0 Å². The Labute approximate surface area is 178 Å². The number of hydrogen-bond acceptors (Lipinski definition) is 1. The Morgan fingerprint density at radius 1 is 0.452 bits per heavy atom. The monoisotopic (exact) mass is 394 g/mol. The van der Waals surface area contributed by atoms with Crippen molar-refractivity contribution >= 4 is 54.3 Å². The zero-order chi connectivity index (χ0) is 20.4. The third kappa shape index (κ3) is 2.36. The second kappa shape index (κ2) is 6.16. The Morgan fingerprint density at radius 3 is 1.74 bits per heavy atom. The Hall–Kier alpha value is -4.17. The molecular weight excluding hydrogens is 376 g/mol.